The van der Waals surface area contributed by atoms with Gasteiger partial charge in [0.15, 0.2) is 0 Å². The number of thioether (sulfide) groups is 1. The van der Waals surface area contributed by atoms with Crippen LogP contribution in [0.15, 0.2) is 47.1 Å². The Balaban J connectivity index is 1.66. The highest BCUT2D eigenvalue weighted by atomic mass is 32.2. The van der Waals surface area contributed by atoms with Gasteiger partial charge in [-0.25, -0.2) is 14.4 Å². The third kappa shape index (κ3) is 3.20. The third-order valence-corrected chi connectivity index (χ3v) is 4.73. The Hall–Kier alpha value is -1.99. The Bertz CT molecular complexity index is 790. The molecule has 7 heteroatoms. The van der Waals surface area contributed by atoms with Crippen LogP contribution >= 0.6 is 23.1 Å². The van der Waals surface area contributed by atoms with Gasteiger partial charge in [0, 0.05) is 0 Å². The van der Waals surface area contributed by atoms with Gasteiger partial charge in [0.05, 0.1) is 21.7 Å². The van der Waals surface area contributed by atoms with E-state index in [2.05, 4.69) is 15.3 Å². The van der Waals surface area contributed by atoms with Gasteiger partial charge < -0.3 is 5.32 Å². The van der Waals surface area contributed by atoms with Crippen LogP contribution in [-0.4, -0.2) is 21.6 Å². The zero-order chi connectivity index (χ0) is 14.7. The molecule has 0 saturated carbocycles. The second kappa shape index (κ2) is 6.19. The second-order valence-corrected chi connectivity index (χ2v) is 6.01. The van der Waals surface area contributed by atoms with E-state index in [0.29, 0.717) is 0 Å². The molecule has 0 atom stereocenters. The molecule has 3 aromatic rings. The molecule has 0 fully saturated rings. The summed E-state index contributed by atoms with van der Waals surface area (Å²) in [6, 6.07) is 7.99. The Morgan fingerprint density at radius 1 is 1.29 bits per heavy atom. The van der Waals surface area contributed by atoms with Crippen molar-refractivity contribution < 1.29 is 9.18 Å². The Morgan fingerprint density at radius 3 is 3.00 bits per heavy atom. The molecule has 3 rings (SSSR count). The second-order valence-electron chi connectivity index (χ2n) is 4.13. The molecule has 0 bridgehead atoms. The van der Waals surface area contributed by atoms with Crippen LogP contribution in [-0.2, 0) is 4.79 Å². The number of benzene rings is 1. The van der Waals surface area contributed by atoms with E-state index in [4.69, 9.17) is 0 Å². The minimum Gasteiger partial charge on any atom is -0.323 e. The third-order valence-electron chi connectivity index (χ3n) is 2.70. The van der Waals surface area contributed by atoms with Crippen molar-refractivity contribution in [2.24, 2.45) is 0 Å². The normalized spacial score (nSPS) is 10.7. The zero-order valence-corrected chi connectivity index (χ0v) is 12.4. The largest absolute Gasteiger partial charge is 0.323 e. The van der Waals surface area contributed by atoms with Crippen molar-refractivity contribution in [2.75, 3.05) is 11.1 Å². The number of hydrogen-bond donors (Lipinski definition) is 1. The number of amides is 1. The van der Waals surface area contributed by atoms with Crippen molar-refractivity contribution in [1.82, 2.24) is 9.97 Å². The number of thiophene rings is 1. The summed E-state index contributed by atoms with van der Waals surface area (Å²) >= 11 is 2.85. The molecule has 1 aromatic carbocycles. The summed E-state index contributed by atoms with van der Waals surface area (Å²) in [6.45, 7) is 0. The van der Waals surface area contributed by atoms with Crippen LogP contribution in [0.1, 0.15) is 0 Å². The van der Waals surface area contributed by atoms with E-state index in [1.165, 1.54) is 41.6 Å². The molecule has 106 valence electrons. The predicted octanol–water partition coefficient (Wildman–Crippen LogP) is 3.56. The van der Waals surface area contributed by atoms with Gasteiger partial charge in [-0.2, -0.15) is 0 Å². The van der Waals surface area contributed by atoms with Crippen LogP contribution in [0.4, 0.5) is 10.1 Å². The number of carbonyl (C=O) groups excluding carboxylic acids is 1. The molecule has 0 aliphatic heterocycles. The lowest BCUT2D eigenvalue weighted by atomic mass is 10.3. The minimum absolute atomic E-state index is 0.165. The maximum absolute atomic E-state index is 13.4. The maximum atomic E-state index is 13.4. The van der Waals surface area contributed by atoms with Crippen LogP contribution < -0.4 is 5.32 Å². The Labute approximate surface area is 128 Å². The van der Waals surface area contributed by atoms with E-state index in [9.17, 15) is 9.18 Å². The molecule has 1 amide bonds. The number of halogens is 1. The summed E-state index contributed by atoms with van der Waals surface area (Å²) in [4.78, 5) is 20.2. The number of carbonyl (C=O) groups is 1. The van der Waals surface area contributed by atoms with Crippen molar-refractivity contribution >= 4 is 44.9 Å². The van der Waals surface area contributed by atoms with Crippen LogP contribution in [0.5, 0.6) is 0 Å². The predicted molar refractivity (Wildman–Crippen MR) is 83.2 cm³/mol. The van der Waals surface area contributed by atoms with Crippen molar-refractivity contribution in [1.29, 1.82) is 0 Å². The van der Waals surface area contributed by atoms with Crippen LogP contribution in [0, 0.1) is 5.82 Å². The van der Waals surface area contributed by atoms with Gasteiger partial charge in [0.1, 0.15) is 17.2 Å². The standard InChI is InChI=1S/C14H10FN3OS2/c15-9-3-1-2-4-10(9)18-12(19)7-21-14-13-11(5-6-20-13)16-8-17-14/h1-6,8H,7H2,(H,18,19). The first-order valence-electron chi connectivity index (χ1n) is 6.09. The number of nitrogens with one attached hydrogen (secondary N) is 1. The van der Waals surface area contributed by atoms with Crippen molar-refractivity contribution in [2.45, 2.75) is 5.03 Å². The fourth-order valence-electron chi connectivity index (χ4n) is 1.75. The van der Waals surface area contributed by atoms with E-state index in [1.807, 2.05) is 11.4 Å². The fraction of sp³-hybridized carbons (Fsp3) is 0.0714. The molecular formula is C14H10FN3OS2. The van der Waals surface area contributed by atoms with Gasteiger partial charge in [-0.1, -0.05) is 23.9 Å². The molecule has 0 aliphatic rings. The van der Waals surface area contributed by atoms with Crippen LogP contribution in [0.3, 0.4) is 0 Å². The first-order valence-corrected chi connectivity index (χ1v) is 7.96. The highest BCUT2D eigenvalue weighted by Crippen LogP contribution is 2.28. The summed E-state index contributed by atoms with van der Waals surface area (Å²) in [5.41, 5.74) is 1.05. The number of nitrogens with zero attached hydrogens (tertiary/aromatic N) is 2. The SMILES string of the molecule is O=C(CSc1ncnc2ccsc12)Nc1ccccc1F. The molecule has 4 nitrogen and oxygen atoms in total. The maximum Gasteiger partial charge on any atom is 0.234 e. The number of para-hydroxylation sites is 1. The zero-order valence-electron chi connectivity index (χ0n) is 10.7. The molecule has 0 spiro atoms. The molecule has 0 unspecified atom stereocenters. The fourth-order valence-corrected chi connectivity index (χ4v) is 3.50. The number of anilines is 1. The molecule has 21 heavy (non-hydrogen) atoms. The monoisotopic (exact) mass is 319 g/mol. The summed E-state index contributed by atoms with van der Waals surface area (Å²) in [6.07, 6.45) is 1.48. The van der Waals surface area contributed by atoms with Crippen molar-refractivity contribution in [3.8, 4) is 0 Å². The summed E-state index contributed by atoms with van der Waals surface area (Å²) < 4.78 is 14.4. The first-order chi connectivity index (χ1) is 10.2. The molecule has 1 N–H and O–H groups in total. The lowest BCUT2D eigenvalue weighted by Crippen LogP contribution is -2.15. The molecule has 0 radical (unpaired) electrons. The highest BCUT2D eigenvalue weighted by molar-refractivity contribution is 8.00. The lowest BCUT2D eigenvalue weighted by molar-refractivity contribution is -0.113. The molecule has 2 aromatic heterocycles. The van der Waals surface area contributed by atoms with Gasteiger partial charge in [-0.05, 0) is 23.6 Å². The number of aromatic nitrogens is 2. The highest BCUT2D eigenvalue weighted by Gasteiger charge is 2.10. The Kier molecular flexibility index (Phi) is 4.12. The quantitative estimate of drug-likeness (QED) is 0.590. The molecule has 2 heterocycles. The van der Waals surface area contributed by atoms with E-state index in [1.54, 1.807) is 12.1 Å². The van der Waals surface area contributed by atoms with Crippen LogP contribution in [0.25, 0.3) is 10.2 Å². The van der Waals surface area contributed by atoms with E-state index in [-0.39, 0.29) is 17.3 Å². The van der Waals surface area contributed by atoms with Gasteiger partial charge in [0.25, 0.3) is 0 Å². The molecular weight excluding hydrogens is 309 g/mol. The van der Waals surface area contributed by atoms with Crippen molar-refractivity contribution in [3.05, 3.63) is 47.9 Å². The van der Waals surface area contributed by atoms with E-state index >= 15 is 0 Å². The lowest BCUT2D eigenvalue weighted by Gasteiger charge is -2.06. The van der Waals surface area contributed by atoms with Gasteiger partial charge in [0.2, 0.25) is 5.91 Å². The summed E-state index contributed by atoms with van der Waals surface area (Å²) in [5, 5.41) is 5.24. The molecule has 0 aliphatic carbocycles. The average molecular weight is 319 g/mol. The van der Waals surface area contributed by atoms with Gasteiger partial charge >= 0.3 is 0 Å². The van der Waals surface area contributed by atoms with Crippen molar-refractivity contribution in [3.63, 3.8) is 0 Å². The number of hydrogen-bond acceptors (Lipinski definition) is 5. The Morgan fingerprint density at radius 2 is 2.14 bits per heavy atom. The number of rotatable bonds is 4. The van der Waals surface area contributed by atoms with E-state index in [0.717, 1.165) is 15.2 Å². The summed E-state index contributed by atoms with van der Waals surface area (Å²) in [7, 11) is 0. The van der Waals surface area contributed by atoms with Gasteiger partial charge in [-0.3, -0.25) is 4.79 Å². The molecule has 0 saturated heterocycles. The topological polar surface area (TPSA) is 54.9 Å². The first kappa shape index (κ1) is 14.0. The minimum atomic E-state index is -0.446. The smallest absolute Gasteiger partial charge is 0.234 e. The average Bonchev–Trinajstić information content (AvgIpc) is 2.96. The van der Waals surface area contributed by atoms with Crippen LogP contribution in [0.2, 0.25) is 0 Å². The van der Waals surface area contributed by atoms with E-state index < -0.39 is 5.82 Å². The number of fused-ring (bicyclic) bond motifs is 1. The summed E-state index contributed by atoms with van der Waals surface area (Å²) in [5.74, 6) is -0.551. The van der Waals surface area contributed by atoms with Gasteiger partial charge in [-0.15, -0.1) is 11.3 Å².